The van der Waals surface area contributed by atoms with E-state index in [4.69, 9.17) is 10.5 Å². The van der Waals surface area contributed by atoms with Gasteiger partial charge in [-0.2, -0.15) is 0 Å². The van der Waals surface area contributed by atoms with Crippen molar-refractivity contribution in [3.63, 3.8) is 0 Å². The van der Waals surface area contributed by atoms with Gasteiger partial charge in [-0.25, -0.2) is 0 Å². The molecule has 23 heavy (non-hydrogen) atoms. The van der Waals surface area contributed by atoms with E-state index in [0.29, 0.717) is 19.5 Å². The molecular formula is C16H24ClN3O3. The van der Waals surface area contributed by atoms with E-state index in [1.807, 2.05) is 29.2 Å². The van der Waals surface area contributed by atoms with Crippen LogP contribution in [-0.2, 0) is 27.4 Å². The number of nitrogens with two attached hydrogens (primary N) is 1. The van der Waals surface area contributed by atoms with Crippen molar-refractivity contribution in [1.29, 1.82) is 0 Å². The Morgan fingerprint density at radius 2 is 2.00 bits per heavy atom. The predicted octanol–water partition coefficient (Wildman–Crippen LogP) is 0.821. The molecule has 1 aromatic rings. The van der Waals surface area contributed by atoms with Crippen LogP contribution in [0.1, 0.15) is 24.0 Å². The summed E-state index contributed by atoms with van der Waals surface area (Å²) in [4.78, 5) is 25.2. The summed E-state index contributed by atoms with van der Waals surface area (Å²) in [5, 5.41) is 2.77. The van der Waals surface area contributed by atoms with E-state index in [2.05, 4.69) is 5.32 Å². The van der Waals surface area contributed by atoms with Crippen molar-refractivity contribution in [3.8, 4) is 0 Å². The van der Waals surface area contributed by atoms with E-state index >= 15 is 0 Å². The number of benzene rings is 1. The maximum absolute atomic E-state index is 11.7. The Morgan fingerprint density at radius 3 is 2.57 bits per heavy atom. The number of carbonyl (C=O) groups is 2. The second-order valence-electron chi connectivity index (χ2n) is 5.51. The lowest BCUT2D eigenvalue weighted by atomic mass is 10.1. The normalized spacial score (nSPS) is 15.2. The van der Waals surface area contributed by atoms with Gasteiger partial charge in [-0.3, -0.25) is 9.59 Å². The van der Waals surface area contributed by atoms with Crippen molar-refractivity contribution in [2.75, 3.05) is 20.3 Å². The third-order valence-electron chi connectivity index (χ3n) is 3.72. The molecule has 3 N–H and O–H groups in total. The lowest BCUT2D eigenvalue weighted by Gasteiger charge is -2.16. The molecule has 6 nitrogen and oxygen atoms in total. The minimum atomic E-state index is -0.648. The number of nitrogens with zero attached hydrogens (tertiary/aromatic N) is 1. The molecule has 1 aliphatic rings. The summed E-state index contributed by atoms with van der Waals surface area (Å²) in [7, 11) is 1.51. The molecule has 2 amide bonds. The number of ether oxygens (including phenoxy) is 1. The average molecular weight is 342 g/mol. The minimum absolute atomic E-state index is 0. The summed E-state index contributed by atoms with van der Waals surface area (Å²) in [5.41, 5.74) is 7.74. The van der Waals surface area contributed by atoms with Gasteiger partial charge in [0.1, 0.15) is 6.04 Å². The Labute approximate surface area is 142 Å². The van der Waals surface area contributed by atoms with E-state index in [1.165, 1.54) is 7.11 Å². The van der Waals surface area contributed by atoms with Gasteiger partial charge in [-0.05, 0) is 17.5 Å². The number of hydrogen-bond donors (Lipinski definition) is 2. The van der Waals surface area contributed by atoms with Crippen molar-refractivity contribution in [2.24, 2.45) is 5.73 Å². The third kappa shape index (κ3) is 5.82. The average Bonchev–Trinajstić information content (AvgIpc) is 2.91. The lowest BCUT2D eigenvalue weighted by molar-refractivity contribution is -0.128. The van der Waals surface area contributed by atoms with Gasteiger partial charge in [-0.15, -0.1) is 12.4 Å². The molecule has 0 aliphatic carbocycles. The molecule has 7 heteroatoms. The molecule has 1 fully saturated rings. The molecule has 0 aromatic heterocycles. The van der Waals surface area contributed by atoms with Crippen molar-refractivity contribution in [3.05, 3.63) is 35.4 Å². The summed E-state index contributed by atoms with van der Waals surface area (Å²) in [6, 6.07) is 7.24. The van der Waals surface area contributed by atoms with Crippen LogP contribution in [0.2, 0.25) is 0 Å². The highest BCUT2D eigenvalue weighted by Gasteiger charge is 2.19. The van der Waals surface area contributed by atoms with Crippen molar-refractivity contribution in [1.82, 2.24) is 10.2 Å². The smallest absolute Gasteiger partial charge is 0.239 e. The van der Waals surface area contributed by atoms with Crippen LogP contribution in [0, 0.1) is 0 Å². The highest BCUT2D eigenvalue weighted by Crippen LogP contribution is 2.14. The van der Waals surface area contributed by atoms with Crippen LogP contribution in [0.15, 0.2) is 24.3 Å². The molecule has 1 unspecified atom stereocenters. The number of nitrogens with one attached hydrogen (secondary N) is 1. The number of hydrogen-bond acceptors (Lipinski definition) is 4. The second kappa shape index (κ2) is 9.50. The lowest BCUT2D eigenvalue weighted by Crippen LogP contribution is -2.43. The van der Waals surface area contributed by atoms with Gasteiger partial charge >= 0.3 is 0 Å². The van der Waals surface area contributed by atoms with Gasteiger partial charge in [0.05, 0.1) is 6.61 Å². The fourth-order valence-electron chi connectivity index (χ4n) is 2.43. The number of halogens is 1. The number of carbonyl (C=O) groups excluding carboxylic acids is 2. The van der Waals surface area contributed by atoms with Gasteiger partial charge in [0.25, 0.3) is 0 Å². The topological polar surface area (TPSA) is 84.7 Å². The maximum atomic E-state index is 11.7. The number of amides is 2. The molecule has 0 radical (unpaired) electrons. The van der Waals surface area contributed by atoms with Crippen molar-refractivity contribution >= 4 is 24.2 Å². The highest BCUT2D eigenvalue weighted by atomic mass is 35.5. The van der Waals surface area contributed by atoms with E-state index in [9.17, 15) is 9.59 Å². The fraction of sp³-hybridized carbons (Fsp3) is 0.500. The number of rotatable bonds is 7. The van der Waals surface area contributed by atoms with Crippen LogP contribution in [-0.4, -0.2) is 43.0 Å². The van der Waals surface area contributed by atoms with E-state index in [-0.39, 0.29) is 30.8 Å². The molecule has 1 saturated heterocycles. The largest absolute Gasteiger partial charge is 0.383 e. The molecule has 1 heterocycles. The zero-order valence-corrected chi connectivity index (χ0v) is 14.1. The first-order valence-electron chi connectivity index (χ1n) is 7.48. The van der Waals surface area contributed by atoms with Crippen LogP contribution < -0.4 is 11.1 Å². The number of methoxy groups -OCH3 is 1. The molecule has 0 saturated carbocycles. The van der Waals surface area contributed by atoms with Crippen LogP contribution in [0.5, 0.6) is 0 Å². The zero-order chi connectivity index (χ0) is 15.9. The van der Waals surface area contributed by atoms with Crippen molar-refractivity contribution < 1.29 is 14.3 Å². The molecule has 1 aromatic carbocycles. The summed E-state index contributed by atoms with van der Waals surface area (Å²) < 4.78 is 4.85. The fourth-order valence-corrected chi connectivity index (χ4v) is 2.43. The summed E-state index contributed by atoms with van der Waals surface area (Å²) in [6.45, 7) is 2.13. The SMILES string of the molecule is COCC(N)C(=O)NCc1ccc(CN2CCCC2=O)cc1.Cl. The molecule has 1 aliphatic heterocycles. The van der Waals surface area contributed by atoms with Gasteiger partial charge in [-0.1, -0.05) is 24.3 Å². The van der Waals surface area contributed by atoms with Gasteiger partial charge in [0.2, 0.25) is 11.8 Å². The summed E-state index contributed by atoms with van der Waals surface area (Å²) >= 11 is 0. The molecule has 2 rings (SSSR count). The molecule has 0 spiro atoms. The van der Waals surface area contributed by atoms with E-state index in [0.717, 1.165) is 24.1 Å². The van der Waals surface area contributed by atoms with E-state index < -0.39 is 6.04 Å². The van der Waals surface area contributed by atoms with Crippen LogP contribution in [0.3, 0.4) is 0 Å². The zero-order valence-electron chi connectivity index (χ0n) is 13.3. The first-order valence-corrected chi connectivity index (χ1v) is 7.48. The molecular weight excluding hydrogens is 318 g/mol. The van der Waals surface area contributed by atoms with Gasteiger partial charge in [0.15, 0.2) is 0 Å². The van der Waals surface area contributed by atoms with Crippen LogP contribution in [0.25, 0.3) is 0 Å². The molecule has 128 valence electrons. The predicted molar refractivity (Wildman–Crippen MR) is 90.0 cm³/mol. The molecule has 0 bridgehead atoms. The monoisotopic (exact) mass is 341 g/mol. The first kappa shape index (κ1) is 19.4. The summed E-state index contributed by atoms with van der Waals surface area (Å²) in [5.74, 6) is -0.00272. The highest BCUT2D eigenvalue weighted by molar-refractivity contribution is 5.85. The molecule has 1 atom stereocenters. The Kier molecular flexibility index (Phi) is 8.02. The van der Waals surface area contributed by atoms with Crippen molar-refractivity contribution in [2.45, 2.75) is 32.0 Å². The Balaban J connectivity index is 0.00000264. The first-order chi connectivity index (χ1) is 10.6. The Hall–Kier alpha value is -1.63. The minimum Gasteiger partial charge on any atom is -0.383 e. The quantitative estimate of drug-likeness (QED) is 0.769. The standard InChI is InChI=1S/C16H23N3O3.ClH/c1-22-11-14(17)16(21)18-9-12-4-6-13(7-5-12)10-19-8-2-3-15(19)20;/h4-7,14H,2-3,8-11,17H2,1H3,(H,18,21);1H. The van der Waals surface area contributed by atoms with Gasteiger partial charge in [0, 0.05) is 33.2 Å². The van der Waals surface area contributed by atoms with E-state index in [1.54, 1.807) is 0 Å². The second-order valence-corrected chi connectivity index (χ2v) is 5.51. The van der Waals surface area contributed by atoms with Crippen LogP contribution in [0.4, 0.5) is 0 Å². The maximum Gasteiger partial charge on any atom is 0.239 e. The third-order valence-corrected chi connectivity index (χ3v) is 3.72. The number of likely N-dealkylation sites (tertiary alicyclic amines) is 1. The Bertz CT molecular complexity index is 522. The van der Waals surface area contributed by atoms with Crippen LogP contribution >= 0.6 is 12.4 Å². The Morgan fingerprint density at radius 1 is 1.35 bits per heavy atom. The van der Waals surface area contributed by atoms with Gasteiger partial charge < -0.3 is 20.7 Å². The summed E-state index contributed by atoms with van der Waals surface area (Å²) in [6.07, 6.45) is 1.61.